The fraction of sp³-hybridized carbons (Fsp3) is 0. The Morgan fingerprint density at radius 1 is 0.889 bits per heavy atom. The molecule has 0 fully saturated rings. The summed E-state index contributed by atoms with van der Waals surface area (Å²) in [5.74, 6) is -0.111. The van der Waals surface area contributed by atoms with Crippen LogP contribution in [0.1, 0.15) is 21.7 Å². The van der Waals surface area contributed by atoms with Gasteiger partial charge in [-0.2, -0.15) is 0 Å². The van der Waals surface area contributed by atoms with E-state index in [9.17, 15) is 4.79 Å². The van der Waals surface area contributed by atoms with Crippen LogP contribution in [-0.4, -0.2) is 16.8 Å². The van der Waals surface area contributed by atoms with E-state index in [-0.39, 0.29) is 0 Å². The van der Waals surface area contributed by atoms with Crippen molar-refractivity contribution in [2.75, 3.05) is 0 Å². The van der Waals surface area contributed by atoms with E-state index in [1.165, 1.54) is 0 Å². The number of oxime groups is 1. The molecule has 0 unspecified atom stereocenters. The molecule has 0 N–H and O–H groups in total. The summed E-state index contributed by atoms with van der Waals surface area (Å²) in [5.41, 5.74) is 2.25. The van der Waals surface area contributed by atoms with Crippen molar-refractivity contribution >= 4 is 38.5 Å². The van der Waals surface area contributed by atoms with Gasteiger partial charge in [-0.05, 0) is 36.4 Å². The molecule has 0 atom stereocenters. The van der Waals surface area contributed by atoms with Gasteiger partial charge in [0.2, 0.25) is 0 Å². The number of hydrogen-bond acceptors (Lipinski definition) is 5. The molecule has 5 nitrogen and oxygen atoms in total. The van der Waals surface area contributed by atoms with Gasteiger partial charge in [-0.3, -0.25) is 0 Å². The Hall–Kier alpha value is -3.25. The van der Waals surface area contributed by atoms with Crippen LogP contribution in [0.2, 0.25) is 0 Å². The zero-order chi connectivity index (χ0) is 18.6. The van der Waals surface area contributed by atoms with E-state index in [4.69, 9.17) is 9.36 Å². The number of nitrogens with zero attached hydrogens (tertiary/aromatic N) is 2. The summed E-state index contributed by atoms with van der Waals surface area (Å²) < 4.78 is 6.38. The summed E-state index contributed by atoms with van der Waals surface area (Å²) in [5, 5.41) is 8.96. The molecule has 0 saturated carbocycles. The Morgan fingerprint density at radius 3 is 2.37 bits per heavy atom. The van der Waals surface area contributed by atoms with Crippen molar-refractivity contribution in [2.45, 2.75) is 0 Å². The molecule has 0 amide bonds. The number of halogens is 1. The monoisotopic (exact) mass is 420 g/mol. The predicted octanol–water partition coefficient (Wildman–Crippen LogP) is 5.20. The van der Waals surface area contributed by atoms with Gasteiger partial charge in [-0.25, -0.2) is 4.79 Å². The van der Waals surface area contributed by atoms with Crippen LogP contribution in [0.3, 0.4) is 0 Å². The maximum atomic E-state index is 12.3. The molecule has 6 heteroatoms. The topological polar surface area (TPSA) is 64.7 Å². The van der Waals surface area contributed by atoms with Gasteiger partial charge in [0.1, 0.15) is 5.52 Å². The SMILES string of the molecule is O=C(ON=C(c1ccccc1)c1onc2ccccc12)c1ccc(Br)cc1. The highest BCUT2D eigenvalue weighted by Crippen LogP contribution is 2.22. The summed E-state index contributed by atoms with van der Waals surface area (Å²) in [6, 6.07) is 23.7. The van der Waals surface area contributed by atoms with Gasteiger partial charge in [-0.1, -0.05) is 68.7 Å². The lowest BCUT2D eigenvalue weighted by Gasteiger charge is -2.04. The minimum absolute atomic E-state index is 0.398. The second-order valence-electron chi connectivity index (χ2n) is 5.72. The predicted molar refractivity (Wildman–Crippen MR) is 106 cm³/mol. The zero-order valence-electron chi connectivity index (χ0n) is 14.0. The normalized spacial score (nSPS) is 11.5. The molecule has 1 aromatic heterocycles. The van der Waals surface area contributed by atoms with E-state index in [0.29, 0.717) is 22.6 Å². The van der Waals surface area contributed by atoms with E-state index in [1.54, 1.807) is 24.3 Å². The lowest BCUT2D eigenvalue weighted by molar-refractivity contribution is 0.0516. The first-order valence-corrected chi connectivity index (χ1v) is 8.97. The Kier molecular flexibility index (Phi) is 4.80. The minimum atomic E-state index is -0.556. The van der Waals surface area contributed by atoms with Crippen LogP contribution >= 0.6 is 15.9 Å². The molecular formula is C21H13BrN2O3. The Labute approximate surface area is 163 Å². The zero-order valence-corrected chi connectivity index (χ0v) is 15.6. The fourth-order valence-electron chi connectivity index (χ4n) is 2.61. The summed E-state index contributed by atoms with van der Waals surface area (Å²) in [4.78, 5) is 17.5. The third kappa shape index (κ3) is 3.66. The molecule has 132 valence electrons. The second-order valence-corrected chi connectivity index (χ2v) is 6.64. The van der Waals surface area contributed by atoms with Crippen molar-refractivity contribution in [3.63, 3.8) is 0 Å². The first-order chi connectivity index (χ1) is 13.2. The van der Waals surface area contributed by atoms with Crippen molar-refractivity contribution in [3.05, 3.63) is 100 Å². The average Bonchev–Trinajstić information content (AvgIpc) is 3.13. The lowest BCUT2D eigenvalue weighted by Crippen LogP contribution is -2.07. The first-order valence-electron chi connectivity index (χ1n) is 8.17. The van der Waals surface area contributed by atoms with E-state index >= 15 is 0 Å². The van der Waals surface area contributed by atoms with Crippen LogP contribution in [0.5, 0.6) is 0 Å². The minimum Gasteiger partial charge on any atom is -0.353 e. The average molecular weight is 421 g/mol. The Bertz CT molecular complexity index is 1120. The molecule has 4 rings (SSSR count). The van der Waals surface area contributed by atoms with Gasteiger partial charge >= 0.3 is 5.97 Å². The molecule has 0 saturated heterocycles. The molecular weight excluding hydrogens is 408 g/mol. The highest BCUT2D eigenvalue weighted by Gasteiger charge is 2.18. The summed E-state index contributed by atoms with van der Waals surface area (Å²) >= 11 is 3.34. The van der Waals surface area contributed by atoms with Gasteiger partial charge in [0.25, 0.3) is 0 Å². The lowest BCUT2D eigenvalue weighted by atomic mass is 10.1. The molecule has 27 heavy (non-hydrogen) atoms. The standard InChI is InChI=1S/C21H13BrN2O3/c22-16-12-10-15(11-13-16)21(25)27-24-19(14-6-2-1-3-7-14)20-17-8-4-5-9-18(17)23-26-20/h1-13H. The van der Waals surface area contributed by atoms with Gasteiger partial charge in [-0.15, -0.1) is 0 Å². The molecule has 0 spiro atoms. The molecule has 0 aliphatic carbocycles. The van der Waals surface area contributed by atoms with Crippen LogP contribution < -0.4 is 0 Å². The number of carbonyl (C=O) groups excluding carboxylic acids is 1. The van der Waals surface area contributed by atoms with Crippen molar-refractivity contribution in [2.24, 2.45) is 5.16 Å². The Morgan fingerprint density at radius 2 is 1.59 bits per heavy atom. The molecule has 0 aliphatic rings. The fourth-order valence-corrected chi connectivity index (χ4v) is 2.87. The number of benzene rings is 3. The quantitative estimate of drug-likeness (QED) is 0.258. The van der Waals surface area contributed by atoms with Crippen LogP contribution in [0.4, 0.5) is 0 Å². The van der Waals surface area contributed by atoms with Crippen molar-refractivity contribution < 1.29 is 14.2 Å². The number of carbonyl (C=O) groups is 1. The molecule has 0 aliphatic heterocycles. The van der Waals surface area contributed by atoms with E-state index < -0.39 is 5.97 Å². The molecule has 3 aromatic carbocycles. The molecule has 4 aromatic rings. The first kappa shape index (κ1) is 17.2. The third-order valence-corrected chi connectivity index (χ3v) is 4.47. The third-order valence-electron chi connectivity index (χ3n) is 3.95. The Balaban J connectivity index is 1.73. The van der Waals surface area contributed by atoms with Gasteiger partial charge in [0.05, 0.1) is 10.9 Å². The van der Waals surface area contributed by atoms with Gasteiger partial charge in [0.15, 0.2) is 11.5 Å². The van der Waals surface area contributed by atoms with E-state index in [1.807, 2.05) is 54.6 Å². The number of hydrogen-bond donors (Lipinski definition) is 0. The smallest absolute Gasteiger partial charge is 0.353 e. The summed E-state index contributed by atoms with van der Waals surface area (Å²) in [7, 11) is 0. The van der Waals surface area contributed by atoms with Crippen LogP contribution in [0.15, 0.2) is 93.0 Å². The van der Waals surface area contributed by atoms with E-state index in [2.05, 4.69) is 26.2 Å². The largest absolute Gasteiger partial charge is 0.365 e. The molecule has 0 radical (unpaired) electrons. The van der Waals surface area contributed by atoms with Crippen molar-refractivity contribution in [1.82, 2.24) is 5.16 Å². The molecule has 0 bridgehead atoms. The van der Waals surface area contributed by atoms with Crippen molar-refractivity contribution in [1.29, 1.82) is 0 Å². The number of fused-ring (bicyclic) bond motifs is 1. The van der Waals surface area contributed by atoms with Crippen LogP contribution in [0, 0.1) is 0 Å². The van der Waals surface area contributed by atoms with Crippen LogP contribution in [0.25, 0.3) is 10.9 Å². The second kappa shape index (κ2) is 7.55. The summed E-state index contributed by atoms with van der Waals surface area (Å²) in [6.07, 6.45) is 0. The van der Waals surface area contributed by atoms with Gasteiger partial charge in [0, 0.05) is 10.0 Å². The maximum Gasteiger partial charge on any atom is 0.365 e. The van der Waals surface area contributed by atoms with Gasteiger partial charge < -0.3 is 9.36 Å². The van der Waals surface area contributed by atoms with E-state index in [0.717, 1.165) is 15.4 Å². The number of rotatable bonds is 4. The highest BCUT2D eigenvalue weighted by atomic mass is 79.9. The van der Waals surface area contributed by atoms with Crippen LogP contribution in [-0.2, 0) is 4.84 Å². The maximum absolute atomic E-state index is 12.3. The number of aromatic nitrogens is 1. The highest BCUT2D eigenvalue weighted by molar-refractivity contribution is 9.10. The van der Waals surface area contributed by atoms with Crippen molar-refractivity contribution in [3.8, 4) is 0 Å². The molecule has 1 heterocycles. The summed E-state index contributed by atoms with van der Waals surface area (Å²) in [6.45, 7) is 0.